The number of aliphatic carboxylic acids is 1. The number of rotatable bonds is 22. The molecule has 0 bridgehead atoms. The Kier molecular flexibility index (Phi) is 28.9. The molecule has 2 N–H and O–H groups in total. The predicted molar refractivity (Wildman–Crippen MR) is 139 cm³/mol. The molecule has 3 nitrogen and oxygen atoms in total. The first-order chi connectivity index (χ1) is 14.9. The van der Waals surface area contributed by atoms with Crippen LogP contribution in [-0.4, -0.2) is 23.2 Å². The van der Waals surface area contributed by atoms with Gasteiger partial charge in [-0.2, -0.15) is 0 Å². The lowest BCUT2D eigenvalue weighted by Gasteiger charge is -2.20. The maximum atomic E-state index is 9.00. The molecule has 0 aromatic carbocycles. The molecule has 31 heavy (non-hydrogen) atoms. The summed E-state index contributed by atoms with van der Waals surface area (Å²) in [5.74, 6) is -0.833. The van der Waals surface area contributed by atoms with Gasteiger partial charge in [-0.3, -0.25) is 4.79 Å². The van der Waals surface area contributed by atoms with E-state index in [9.17, 15) is 0 Å². The minimum Gasteiger partial charge on any atom is -0.481 e. The third-order valence-corrected chi connectivity index (χ3v) is 6.05. The molecule has 0 saturated carbocycles. The van der Waals surface area contributed by atoms with Gasteiger partial charge in [-0.15, -0.1) is 0 Å². The number of carbonyl (C=O) groups is 1. The lowest BCUT2D eigenvalue weighted by atomic mass is 10.0. The summed E-state index contributed by atoms with van der Waals surface area (Å²) in [5, 5.41) is 11.2. The molecule has 0 aliphatic rings. The van der Waals surface area contributed by atoms with E-state index in [1.54, 1.807) is 0 Å². The molecule has 0 aromatic rings. The number of nitrogens with one attached hydrogen (secondary N) is 1. The third-order valence-electron chi connectivity index (χ3n) is 6.05. The van der Waals surface area contributed by atoms with E-state index in [1.165, 1.54) is 128 Å². The summed E-state index contributed by atoms with van der Waals surface area (Å²) in [4.78, 5) is 9.00. The van der Waals surface area contributed by atoms with Crippen molar-refractivity contribution in [3.63, 3.8) is 0 Å². The van der Waals surface area contributed by atoms with Crippen LogP contribution in [0.3, 0.4) is 0 Å². The summed E-state index contributed by atoms with van der Waals surface area (Å²) >= 11 is 0. The topological polar surface area (TPSA) is 49.3 Å². The highest BCUT2D eigenvalue weighted by Gasteiger charge is 2.07. The van der Waals surface area contributed by atoms with Crippen LogP contribution in [0.4, 0.5) is 0 Å². The van der Waals surface area contributed by atoms with Crippen molar-refractivity contribution in [2.24, 2.45) is 0 Å². The second-order valence-electron chi connectivity index (χ2n) is 9.72. The monoisotopic (exact) mass is 441 g/mol. The quantitative estimate of drug-likeness (QED) is 0.164. The SMILES string of the molecule is CC(=O)O.CCCCCCCCCCCC(C)NC(C)CCCCCCCCCCC. The Morgan fingerprint density at radius 1 is 0.581 bits per heavy atom. The van der Waals surface area contributed by atoms with Gasteiger partial charge >= 0.3 is 0 Å². The van der Waals surface area contributed by atoms with Crippen LogP contribution in [-0.2, 0) is 4.79 Å². The van der Waals surface area contributed by atoms with Crippen LogP contribution in [0.5, 0.6) is 0 Å². The van der Waals surface area contributed by atoms with Crippen LogP contribution in [0.1, 0.15) is 163 Å². The maximum Gasteiger partial charge on any atom is 0.300 e. The Hall–Kier alpha value is -0.570. The number of hydrogen-bond donors (Lipinski definition) is 2. The minimum absolute atomic E-state index is 0.697. The first-order valence-corrected chi connectivity index (χ1v) is 13.9. The van der Waals surface area contributed by atoms with Gasteiger partial charge in [0.25, 0.3) is 5.97 Å². The van der Waals surface area contributed by atoms with Crippen LogP contribution in [0, 0.1) is 0 Å². The molecule has 3 heteroatoms. The van der Waals surface area contributed by atoms with Crippen molar-refractivity contribution in [1.29, 1.82) is 0 Å². The molecule has 188 valence electrons. The van der Waals surface area contributed by atoms with Crippen LogP contribution in [0.15, 0.2) is 0 Å². The molecule has 0 spiro atoms. The fraction of sp³-hybridized carbons (Fsp3) is 0.964. The highest BCUT2D eigenvalue weighted by Crippen LogP contribution is 2.13. The van der Waals surface area contributed by atoms with Crippen molar-refractivity contribution in [2.45, 2.75) is 175 Å². The molecular formula is C28H59NO2. The molecule has 0 radical (unpaired) electrons. The smallest absolute Gasteiger partial charge is 0.300 e. The van der Waals surface area contributed by atoms with Gasteiger partial charge < -0.3 is 10.4 Å². The van der Waals surface area contributed by atoms with Crippen molar-refractivity contribution in [3.05, 3.63) is 0 Å². The third kappa shape index (κ3) is 34.2. The Labute approximate surface area is 196 Å². The molecule has 0 amide bonds. The predicted octanol–water partition coefficient (Wildman–Crippen LogP) is 9.29. The maximum absolute atomic E-state index is 9.00. The number of hydrogen-bond acceptors (Lipinski definition) is 2. The minimum atomic E-state index is -0.833. The van der Waals surface area contributed by atoms with Gasteiger partial charge in [0.15, 0.2) is 0 Å². The average Bonchev–Trinajstić information content (AvgIpc) is 2.71. The van der Waals surface area contributed by atoms with Crippen molar-refractivity contribution in [1.82, 2.24) is 5.32 Å². The summed E-state index contributed by atoms with van der Waals surface area (Å²) in [7, 11) is 0. The fourth-order valence-corrected chi connectivity index (χ4v) is 4.17. The molecule has 2 atom stereocenters. The number of carboxylic acids is 1. The summed E-state index contributed by atoms with van der Waals surface area (Å²) in [6.07, 6.45) is 28.6. The first-order valence-electron chi connectivity index (χ1n) is 13.9. The van der Waals surface area contributed by atoms with Crippen LogP contribution >= 0.6 is 0 Å². The number of carboxylic acid groups (broad SMARTS) is 1. The second-order valence-corrected chi connectivity index (χ2v) is 9.72. The lowest BCUT2D eigenvalue weighted by Crippen LogP contribution is -2.34. The molecule has 0 fully saturated rings. The second kappa shape index (κ2) is 27.5. The van der Waals surface area contributed by atoms with E-state index in [2.05, 4.69) is 33.0 Å². The number of unbranched alkanes of at least 4 members (excludes halogenated alkanes) is 16. The highest BCUT2D eigenvalue weighted by atomic mass is 16.4. The molecule has 0 heterocycles. The Morgan fingerprint density at radius 3 is 1.06 bits per heavy atom. The van der Waals surface area contributed by atoms with Gasteiger partial charge in [0.05, 0.1) is 0 Å². The summed E-state index contributed by atoms with van der Waals surface area (Å²) in [5.41, 5.74) is 0. The van der Waals surface area contributed by atoms with E-state index in [0.29, 0.717) is 12.1 Å². The molecule has 0 aliphatic heterocycles. The standard InChI is InChI=1S/C26H55N.C2H4O2/c1-5-7-9-11-13-15-17-19-21-23-25(3)27-26(4)24-22-20-18-16-14-12-10-8-6-2;1-2(3)4/h25-27H,5-24H2,1-4H3;1H3,(H,3,4). The fourth-order valence-electron chi connectivity index (χ4n) is 4.17. The molecule has 0 aromatic heterocycles. The van der Waals surface area contributed by atoms with E-state index in [-0.39, 0.29) is 0 Å². The largest absolute Gasteiger partial charge is 0.481 e. The summed E-state index contributed by atoms with van der Waals surface area (Å²) < 4.78 is 0. The summed E-state index contributed by atoms with van der Waals surface area (Å²) in [6, 6.07) is 1.39. The van der Waals surface area contributed by atoms with Crippen LogP contribution in [0.2, 0.25) is 0 Å². The van der Waals surface area contributed by atoms with Crippen molar-refractivity contribution in [2.75, 3.05) is 0 Å². The highest BCUT2D eigenvalue weighted by molar-refractivity contribution is 5.62. The van der Waals surface area contributed by atoms with Gasteiger partial charge in [0, 0.05) is 19.0 Å². The zero-order chi connectivity index (χ0) is 23.6. The lowest BCUT2D eigenvalue weighted by molar-refractivity contribution is -0.134. The zero-order valence-electron chi connectivity index (χ0n) is 22.2. The Morgan fingerprint density at radius 2 is 0.806 bits per heavy atom. The van der Waals surface area contributed by atoms with Gasteiger partial charge in [0.1, 0.15) is 0 Å². The van der Waals surface area contributed by atoms with Gasteiger partial charge in [-0.1, -0.05) is 129 Å². The Balaban J connectivity index is 0. The molecule has 2 unspecified atom stereocenters. The first kappa shape index (κ1) is 32.6. The van der Waals surface area contributed by atoms with Gasteiger partial charge in [-0.05, 0) is 26.7 Å². The van der Waals surface area contributed by atoms with Crippen LogP contribution in [0.25, 0.3) is 0 Å². The van der Waals surface area contributed by atoms with Crippen LogP contribution < -0.4 is 5.32 Å². The molecule has 0 rings (SSSR count). The molecular weight excluding hydrogens is 382 g/mol. The van der Waals surface area contributed by atoms with Gasteiger partial charge in [-0.25, -0.2) is 0 Å². The average molecular weight is 442 g/mol. The van der Waals surface area contributed by atoms with E-state index < -0.39 is 5.97 Å². The molecule has 0 saturated heterocycles. The van der Waals surface area contributed by atoms with E-state index in [1.807, 2.05) is 0 Å². The Bertz CT molecular complexity index is 316. The van der Waals surface area contributed by atoms with Gasteiger partial charge in [0.2, 0.25) is 0 Å². The summed E-state index contributed by atoms with van der Waals surface area (Å²) in [6.45, 7) is 10.5. The van der Waals surface area contributed by atoms with Crippen molar-refractivity contribution < 1.29 is 9.90 Å². The van der Waals surface area contributed by atoms with Crippen molar-refractivity contribution in [3.8, 4) is 0 Å². The van der Waals surface area contributed by atoms with Crippen molar-refractivity contribution >= 4 is 5.97 Å². The van der Waals surface area contributed by atoms with E-state index in [4.69, 9.17) is 9.90 Å². The normalized spacial score (nSPS) is 12.8. The van der Waals surface area contributed by atoms with E-state index in [0.717, 1.165) is 6.92 Å². The zero-order valence-corrected chi connectivity index (χ0v) is 22.2. The van der Waals surface area contributed by atoms with E-state index >= 15 is 0 Å². The molecule has 0 aliphatic carbocycles.